The predicted octanol–water partition coefficient (Wildman–Crippen LogP) is 2.10. The molecular weight excluding hydrogens is 202 g/mol. The van der Waals surface area contributed by atoms with Crippen LogP contribution in [-0.4, -0.2) is 30.6 Å². The van der Waals surface area contributed by atoms with Gasteiger partial charge in [0.15, 0.2) is 5.78 Å². The van der Waals surface area contributed by atoms with Crippen molar-refractivity contribution < 1.29 is 9.90 Å². The Morgan fingerprint density at radius 2 is 2.06 bits per heavy atom. The van der Waals surface area contributed by atoms with Gasteiger partial charge in [-0.25, -0.2) is 0 Å². The lowest BCUT2D eigenvalue weighted by atomic mass is 10.1. The Morgan fingerprint density at radius 3 is 2.62 bits per heavy atom. The summed E-state index contributed by atoms with van der Waals surface area (Å²) in [5.41, 5.74) is 1.61. The smallest absolute Gasteiger partial charge is 0.164 e. The molecule has 0 aliphatic rings. The number of aliphatic hydroxyl groups is 1. The number of benzene rings is 1. The third-order valence-corrected chi connectivity index (χ3v) is 2.47. The van der Waals surface area contributed by atoms with Crippen LogP contribution in [-0.2, 0) is 0 Å². The molecule has 0 amide bonds. The first-order valence-electron chi connectivity index (χ1n) is 5.57. The number of likely N-dealkylation sites (N-methyl/N-ethyl adjacent to an activating group) is 1. The maximum atomic E-state index is 11.7. The average molecular weight is 221 g/mol. The van der Waals surface area contributed by atoms with E-state index in [0.717, 1.165) is 11.3 Å². The molecule has 0 aliphatic heterocycles. The minimum Gasteiger partial charge on any atom is -0.392 e. The molecule has 1 N–H and O–H groups in total. The molecule has 1 rings (SSSR count). The highest BCUT2D eigenvalue weighted by Crippen LogP contribution is 2.20. The Balaban J connectivity index is 2.98. The van der Waals surface area contributed by atoms with Crippen LogP contribution in [0.5, 0.6) is 0 Å². The molecule has 0 aliphatic carbocycles. The second-order valence-corrected chi connectivity index (χ2v) is 4.02. The van der Waals surface area contributed by atoms with Crippen molar-refractivity contribution in [2.24, 2.45) is 0 Å². The molecule has 16 heavy (non-hydrogen) atoms. The molecule has 0 saturated heterocycles. The number of Topliss-reactive ketones (excluding diaryl/α,β-unsaturated/α-hetero) is 1. The summed E-state index contributed by atoms with van der Waals surface area (Å²) < 4.78 is 0. The van der Waals surface area contributed by atoms with E-state index >= 15 is 0 Å². The molecular formula is C13H19NO2. The first-order valence-corrected chi connectivity index (χ1v) is 5.57. The normalized spacial score (nSPS) is 12.2. The Kier molecular flexibility index (Phi) is 4.50. The molecule has 0 heterocycles. The zero-order valence-electron chi connectivity index (χ0n) is 10.1. The van der Waals surface area contributed by atoms with Crippen molar-refractivity contribution in [1.82, 2.24) is 0 Å². The molecule has 3 nitrogen and oxygen atoms in total. The zero-order valence-corrected chi connectivity index (χ0v) is 10.1. The van der Waals surface area contributed by atoms with E-state index in [0.29, 0.717) is 13.0 Å². The molecule has 1 aromatic rings. The van der Waals surface area contributed by atoms with E-state index < -0.39 is 6.10 Å². The van der Waals surface area contributed by atoms with Crippen LogP contribution >= 0.6 is 0 Å². The van der Waals surface area contributed by atoms with Crippen LogP contribution in [0.4, 0.5) is 5.69 Å². The molecule has 0 radical (unpaired) electrons. The van der Waals surface area contributed by atoms with E-state index in [4.69, 9.17) is 0 Å². The molecule has 1 atom stereocenters. The maximum Gasteiger partial charge on any atom is 0.164 e. The topological polar surface area (TPSA) is 40.5 Å². The molecule has 0 aromatic heterocycles. The van der Waals surface area contributed by atoms with Gasteiger partial charge in [0.25, 0.3) is 0 Å². The molecule has 0 bridgehead atoms. The van der Waals surface area contributed by atoms with Gasteiger partial charge in [-0.3, -0.25) is 4.79 Å². The van der Waals surface area contributed by atoms with E-state index in [1.807, 2.05) is 43.1 Å². The number of hydrogen-bond acceptors (Lipinski definition) is 3. The maximum absolute atomic E-state index is 11.7. The number of carbonyl (C=O) groups excluding carboxylic acids is 1. The molecule has 0 fully saturated rings. The Labute approximate surface area is 96.7 Å². The van der Waals surface area contributed by atoms with E-state index in [2.05, 4.69) is 0 Å². The summed E-state index contributed by atoms with van der Waals surface area (Å²) in [7, 11) is 1.88. The fraction of sp³-hybridized carbons (Fsp3) is 0.462. The number of carbonyl (C=O) groups is 1. The lowest BCUT2D eigenvalue weighted by Crippen LogP contribution is -2.28. The second kappa shape index (κ2) is 5.66. The summed E-state index contributed by atoms with van der Waals surface area (Å²) in [6.07, 6.45) is 0.0919. The Hall–Kier alpha value is -1.35. The first kappa shape index (κ1) is 12.7. The molecule has 0 spiro atoms. The summed E-state index contributed by atoms with van der Waals surface area (Å²) in [6, 6.07) is 7.51. The van der Waals surface area contributed by atoms with Gasteiger partial charge in [-0.1, -0.05) is 19.1 Å². The van der Waals surface area contributed by atoms with Crippen molar-refractivity contribution in [3.8, 4) is 0 Å². The standard InChI is InChI=1S/C13H19NO2/c1-4-13(16)11-7-5-6-8-12(11)14(3)9-10(2)15/h5-8,10,15H,4,9H2,1-3H3. The van der Waals surface area contributed by atoms with Crippen LogP contribution in [0, 0.1) is 0 Å². The number of ketones is 1. The van der Waals surface area contributed by atoms with Gasteiger partial charge in [0, 0.05) is 31.3 Å². The number of nitrogens with zero attached hydrogens (tertiary/aromatic N) is 1. The van der Waals surface area contributed by atoms with Crippen molar-refractivity contribution in [3.63, 3.8) is 0 Å². The lowest BCUT2D eigenvalue weighted by molar-refractivity contribution is 0.0988. The van der Waals surface area contributed by atoms with Crippen LogP contribution in [0.15, 0.2) is 24.3 Å². The average Bonchev–Trinajstić information content (AvgIpc) is 2.27. The Bertz CT molecular complexity index is 361. The third-order valence-electron chi connectivity index (χ3n) is 2.47. The van der Waals surface area contributed by atoms with E-state index in [1.54, 1.807) is 6.92 Å². The van der Waals surface area contributed by atoms with Crippen molar-refractivity contribution in [1.29, 1.82) is 0 Å². The van der Waals surface area contributed by atoms with Crippen LogP contribution in [0.25, 0.3) is 0 Å². The van der Waals surface area contributed by atoms with Gasteiger partial charge in [0.05, 0.1) is 6.10 Å². The summed E-state index contributed by atoms with van der Waals surface area (Å²) in [4.78, 5) is 13.6. The highest BCUT2D eigenvalue weighted by atomic mass is 16.3. The van der Waals surface area contributed by atoms with E-state index in [-0.39, 0.29) is 5.78 Å². The van der Waals surface area contributed by atoms with Crippen LogP contribution in [0.1, 0.15) is 30.6 Å². The van der Waals surface area contributed by atoms with Gasteiger partial charge >= 0.3 is 0 Å². The van der Waals surface area contributed by atoms with E-state index in [9.17, 15) is 9.90 Å². The number of anilines is 1. The largest absolute Gasteiger partial charge is 0.392 e. The SMILES string of the molecule is CCC(=O)c1ccccc1N(C)CC(C)O. The molecule has 1 unspecified atom stereocenters. The third kappa shape index (κ3) is 3.07. The van der Waals surface area contributed by atoms with Gasteiger partial charge in [-0.05, 0) is 19.1 Å². The zero-order chi connectivity index (χ0) is 12.1. The number of para-hydroxylation sites is 1. The van der Waals surface area contributed by atoms with Gasteiger partial charge in [0.1, 0.15) is 0 Å². The van der Waals surface area contributed by atoms with Gasteiger partial charge < -0.3 is 10.0 Å². The van der Waals surface area contributed by atoms with Crippen LogP contribution in [0.3, 0.4) is 0 Å². The van der Waals surface area contributed by atoms with Gasteiger partial charge in [-0.2, -0.15) is 0 Å². The highest BCUT2D eigenvalue weighted by Gasteiger charge is 2.13. The van der Waals surface area contributed by atoms with Crippen molar-refractivity contribution >= 4 is 11.5 Å². The predicted molar refractivity (Wildman–Crippen MR) is 66.0 cm³/mol. The fourth-order valence-corrected chi connectivity index (χ4v) is 1.73. The molecule has 0 saturated carbocycles. The van der Waals surface area contributed by atoms with Crippen LogP contribution < -0.4 is 4.90 Å². The quantitative estimate of drug-likeness (QED) is 0.774. The van der Waals surface area contributed by atoms with Crippen molar-refractivity contribution in [2.75, 3.05) is 18.5 Å². The highest BCUT2D eigenvalue weighted by molar-refractivity contribution is 6.01. The van der Waals surface area contributed by atoms with Crippen LogP contribution in [0.2, 0.25) is 0 Å². The number of rotatable bonds is 5. The minimum atomic E-state index is -0.408. The Morgan fingerprint density at radius 1 is 1.44 bits per heavy atom. The molecule has 3 heteroatoms. The molecule has 1 aromatic carbocycles. The summed E-state index contributed by atoms with van der Waals surface area (Å²) in [5, 5.41) is 9.34. The summed E-state index contributed by atoms with van der Waals surface area (Å²) >= 11 is 0. The summed E-state index contributed by atoms with van der Waals surface area (Å²) in [5.74, 6) is 0.132. The van der Waals surface area contributed by atoms with Crippen molar-refractivity contribution in [2.45, 2.75) is 26.4 Å². The van der Waals surface area contributed by atoms with Gasteiger partial charge in [0.2, 0.25) is 0 Å². The minimum absolute atomic E-state index is 0.132. The molecule has 88 valence electrons. The fourth-order valence-electron chi connectivity index (χ4n) is 1.73. The van der Waals surface area contributed by atoms with E-state index in [1.165, 1.54) is 0 Å². The van der Waals surface area contributed by atoms with Gasteiger partial charge in [-0.15, -0.1) is 0 Å². The number of aliphatic hydroxyl groups excluding tert-OH is 1. The van der Waals surface area contributed by atoms with Crippen molar-refractivity contribution in [3.05, 3.63) is 29.8 Å². The summed E-state index contributed by atoms with van der Waals surface area (Å²) in [6.45, 7) is 4.11. The first-order chi connectivity index (χ1) is 7.56. The second-order valence-electron chi connectivity index (χ2n) is 4.02. The number of hydrogen-bond donors (Lipinski definition) is 1. The lowest BCUT2D eigenvalue weighted by Gasteiger charge is -2.23. The monoisotopic (exact) mass is 221 g/mol.